The van der Waals surface area contributed by atoms with Gasteiger partial charge in [-0.3, -0.25) is 14.7 Å². The highest BCUT2D eigenvalue weighted by Crippen LogP contribution is 2.26. The van der Waals surface area contributed by atoms with Crippen molar-refractivity contribution in [1.29, 1.82) is 0 Å². The van der Waals surface area contributed by atoms with Crippen LogP contribution in [0.3, 0.4) is 0 Å². The Kier molecular flexibility index (Phi) is 4.55. The molecule has 0 aromatic carbocycles. The number of likely N-dealkylation sites (tertiary alicyclic amines) is 1. The van der Waals surface area contributed by atoms with Crippen LogP contribution >= 0.6 is 0 Å². The van der Waals surface area contributed by atoms with Gasteiger partial charge >= 0.3 is 0 Å². The van der Waals surface area contributed by atoms with Gasteiger partial charge in [-0.15, -0.1) is 0 Å². The Morgan fingerprint density at radius 1 is 1.28 bits per heavy atom. The molecule has 2 fully saturated rings. The first-order valence-electron chi connectivity index (χ1n) is 8.80. The van der Waals surface area contributed by atoms with Gasteiger partial charge < -0.3 is 14.1 Å². The number of furan rings is 1. The zero-order chi connectivity index (χ0) is 17.2. The molecule has 2 aliphatic rings. The molecule has 2 aliphatic heterocycles. The number of nitrogens with zero attached hydrogens (tertiary/aromatic N) is 3. The molecule has 0 unspecified atom stereocenters. The number of fused-ring (bicyclic) bond motifs is 1. The first kappa shape index (κ1) is 16.3. The molecule has 0 spiro atoms. The molecule has 6 heteroatoms. The van der Waals surface area contributed by atoms with Crippen molar-refractivity contribution < 1.29 is 13.9 Å². The summed E-state index contributed by atoms with van der Waals surface area (Å²) in [5, 5.41) is 0. The molecule has 2 saturated heterocycles. The summed E-state index contributed by atoms with van der Waals surface area (Å²) in [6.07, 6.45) is 6.30. The first-order valence-corrected chi connectivity index (χ1v) is 8.80. The van der Waals surface area contributed by atoms with Gasteiger partial charge in [-0.25, -0.2) is 0 Å². The van der Waals surface area contributed by atoms with E-state index in [2.05, 4.69) is 9.88 Å². The predicted octanol–water partition coefficient (Wildman–Crippen LogP) is 2.10. The Bertz CT molecular complexity index is 731. The minimum absolute atomic E-state index is 0.0548. The Hall–Kier alpha value is -2.18. The number of pyridine rings is 1. The summed E-state index contributed by atoms with van der Waals surface area (Å²) in [5.74, 6) is 0.736. The smallest absolute Gasteiger partial charge is 0.257 e. The number of ether oxygens (including phenoxy) is 1. The molecule has 6 nitrogen and oxygen atoms in total. The number of hydrogen-bond donors (Lipinski definition) is 0. The Labute approximate surface area is 147 Å². The number of aryl methyl sites for hydroxylation is 1. The third kappa shape index (κ3) is 3.32. The lowest BCUT2D eigenvalue weighted by Crippen LogP contribution is -2.60. The second-order valence-corrected chi connectivity index (χ2v) is 6.73. The van der Waals surface area contributed by atoms with Crippen molar-refractivity contribution >= 4 is 5.91 Å². The van der Waals surface area contributed by atoms with Crippen molar-refractivity contribution in [1.82, 2.24) is 14.8 Å². The van der Waals surface area contributed by atoms with Gasteiger partial charge in [0.25, 0.3) is 5.91 Å². The third-order valence-electron chi connectivity index (χ3n) is 5.21. The Morgan fingerprint density at radius 2 is 2.12 bits per heavy atom. The number of hydrogen-bond acceptors (Lipinski definition) is 5. The zero-order valence-electron chi connectivity index (χ0n) is 14.4. The number of carbonyl (C=O) groups is 1. The van der Waals surface area contributed by atoms with Gasteiger partial charge in [-0.1, -0.05) is 0 Å². The van der Waals surface area contributed by atoms with Crippen LogP contribution in [0.15, 0.2) is 41.3 Å². The highest BCUT2D eigenvalue weighted by atomic mass is 16.5. The molecule has 0 bridgehead atoms. The average molecular weight is 341 g/mol. The molecular formula is C19H23N3O3. The molecule has 4 heterocycles. The molecule has 0 saturated carbocycles. The van der Waals surface area contributed by atoms with Crippen LogP contribution in [0.2, 0.25) is 0 Å². The normalized spacial score (nSPS) is 24.1. The fourth-order valence-electron chi connectivity index (χ4n) is 3.82. The predicted molar refractivity (Wildman–Crippen MR) is 92.1 cm³/mol. The van der Waals surface area contributed by atoms with E-state index in [9.17, 15) is 4.79 Å². The summed E-state index contributed by atoms with van der Waals surface area (Å²) < 4.78 is 11.3. The molecule has 0 radical (unpaired) electrons. The van der Waals surface area contributed by atoms with E-state index in [-0.39, 0.29) is 18.1 Å². The minimum Gasteiger partial charge on any atom is -0.469 e. The van der Waals surface area contributed by atoms with Crippen molar-refractivity contribution in [2.24, 2.45) is 0 Å². The van der Waals surface area contributed by atoms with Crippen molar-refractivity contribution in [3.8, 4) is 0 Å². The topological polar surface area (TPSA) is 58.8 Å². The second kappa shape index (κ2) is 6.98. The fraction of sp³-hybridized carbons (Fsp3) is 0.474. The first-order chi connectivity index (χ1) is 12.2. The number of aromatic nitrogens is 1. The molecule has 1 amide bonds. The molecule has 2 aromatic heterocycles. The van der Waals surface area contributed by atoms with Gasteiger partial charge in [-0.2, -0.15) is 0 Å². The molecule has 25 heavy (non-hydrogen) atoms. The van der Waals surface area contributed by atoms with E-state index in [0.29, 0.717) is 17.9 Å². The highest BCUT2D eigenvalue weighted by Gasteiger charge is 2.38. The number of rotatable bonds is 3. The van der Waals surface area contributed by atoms with Crippen LogP contribution in [-0.4, -0.2) is 59.1 Å². The number of carbonyl (C=O) groups excluding carboxylic acids is 1. The van der Waals surface area contributed by atoms with Gasteiger partial charge in [0.05, 0.1) is 30.6 Å². The number of piperidine rings is 1. The molecule has 132 valence electrons. The van der Waals surface area contributed by atoms with Gasteiger partial charge in [0.2, 0.25) is 0 Å². The minimum atomic E-state index is 0.0548. The van der Waals surface area contributed by atoms with Crippen LogP contribution in [0, 0.1) is 6.92 Å². The molecule has 4 rings (SSSR count). The van der Waals surface area contributed by atoms with Crippen LogP contribution in [0.5, 0.6) is 0 Å². The summed E-state index contributed by atoms with van der Waals surface area (Å²) in [6, 6.07) is 6.08. The molecule has 0 N–H and O–H groups in total. The van der Waals surface area contributed by atoms with E-state index in [1.165, 1.54) is 5.56 Å². The van der Waals surface area contributed by atoms with Gasteiger partial charge in [0.15, 0.2) is 0 Å². The van der Waals surface area contributed by atoms with Gasteiger partial charge in [-0.05, 0) is 37.1 Å². The highest BCUT2D eigenvalue weighted by molar-refractivity contribution is 5.95. The van der Waals surface area contributed by atoms with E-state index in [0.717, 1.165) is 32.7 Å². The van der Waals surface area contributed by atoms with E-state index in [1.807, 2.05) is 36.4 Å². The quantitative estimate of drug-likeness (QED) is 0.856. The van der Waals surface area contributed by atoms with Crippen LogP contribution in [0.4, 0.5) is 0 Å². The summed E-state index contributed by atoms with van der Waals surface area (Å²) >= 11 is 0. The van der Waals surface area contributed by atoms with E-state index in [4.69, 9.17) is 9.15 Å². The lowest BCUT2D eigenvalue weighted by atomic mass is 9.97. The lowest BCUT2D eigenvalue weighted by Gasteiger charge is -2.47. The van der Waals surface area contributed by atoms with E-state index >= 15 is 0 Å². The van der Waals surface area contributed by atoms with Crippen molar-refractivity contribution in [2.45, 2.75) is 32.0 Å². The SMILES string of the molecule is Cc1occc1C(=O)N1CC[C@@H]2OCCN(Cc3ccncc3)[C@@H]2C1. The Balaban J connectivity index is 1.49. The van der Waals surface area contributed by atoms with Crippen LogP contribution < -0.4 is 0 Å². The summed E-state index contributed by atoms with van der Waals surface area (Å²) in [6.45, 7) is 5.75. The molecular weight excluding hydrogens is 318 g/mol. The zero-order valence-corrected chi connectivity index (χ0v) is 14.4. The van der Waals surface area contributed by atoms with Crippen LogP contribution in [0.1, 0.15) is 28.1 Å². The van der Waals surface area contributed by atoms with Crippen molar-refractivity contribution in [2.75, 3.05) is 26.2 Å². The average Bonchev–Trinajstić information content (AvgIpc) is 3.08. The standard InChI is InChI=1S/C19H23N3O3/c1-14-16(5-10-24-14)19(23)22-8-4-18-17(13-22)21(9-11-25-18)12-15-2-6-20-7-3-15/h2-3,5-7,10,17-18H,4,8-9,11-13H2,1H3/t17-,18+/m1/s1. The fourth-order valence-corrected chi connectivity index (χ4v) is 3.82. The van der Waals surface area contributed by atoms with Crippen molar-refractivity contribution in [3.63, 3.8) is 0 Å². The third-order valence-corrected chi connectivity index (χ3v) is 5.21. The number of amides is 1. The maximum absolute atomic E-state index is 12.8. The molecule has 2 aromatic rings. The molecule has 2 atom stereocenters. The summed E-state index contributed by atoms with van der Waals surface area (Å²) in [4.78, 5) is 21.3. The Morgan fingerprint density at radius 3 is 2.88 bits per heavy atom. The second-order valence-electron chi connectivity index (χ2n) is 6.73. The molecule has 0 aliphatic carbocycles. The van der Waals surface area contributed by atoms with E-state index < -0.39 is 0 Å². The van der Waals surface area contributed by atoms with Crippen LogP contribution in [-0.2, 0) is 11.3 Å². The van der Waals surface area contributed by atoms with Gasteiger partial charge in [0, 0.05) is 38.6 Å². The number of morpholine rings is 1. The summed E-state index contributed by atoms with van der Waals surface area (Å²) in [5.41, 5.74) is 1.90. The lowest BCUT2D eigenvalue weighted by molar-refractivity contribution is -0.101. The monoisotopic (exact) mass is 341 g/mol. The van der Waals surface area contributed by atoms with Crippen molar-refractivity contribution in [3.05, 3.63) is 53.7 Å². The van der Waals surface area contributed by atoms with Gasteiger partial charge in [0.1, 0.15) is 5.76 Å². The van der Waals surface area contributed by atoms with Crippen LogP contribution in [0.25, 0.3) is 0 Å². The largest absolute Gasteiger partial charge is 0.469 e. The maximum Gasteiger partial charge on any atom is 0.257 e. The summed E-state index contributed by atoms with van der Waals surface area (Å²) in [7, 11) is 0. The van der Waals surface area contributed by atoms with E-state index in [1.54, 1.807) is 12.3 Å². The maximum atomic E-state index is 12.8.